The summed E-state index contributed by atoms with van der Waals surface area (Å²) in [6.45, 7) is 2.10. The average molecular weight is 377 g/mol. The topological polar surface area (TPSA) is 80.4 Å². The first kappa shape index (κ1) is 25.0. The fraction of sp³-hybridized carbons (Fsp3) is 0.591. The summed E-state index contributed by atoms with van der Waals surface area (Å²) in [5.41, 5.74) is 0. The van der Waals surface area contributed by atoms with Gasteiger partial charge in [0, 0.05) is 17.8 Å². The normalized spacial score (nSPS) is 14.6. The molecule has 5 nitrogen and oxygen atoms in total. The van der Waals surface area contributed by atoms with Gasteiger partial charge in [-0.1, -0.05) is 62.0 Å². The molecule has 0 aromatic heterocycles. The Labute approximate surface area is 163 Å². The number of hydrogen-bond acceptors (Lipinski definition) is 4. The van der Waals surface area contributed by atoms with E-state index in [4.69, 9.17) is 0 Å². The van der Waals surface area contributed by atoms with Crippen molar-refractivity contribution in [3.63, 3.8) is 0 Å². The minimum absolute atomic E-state index is 0.230. The summed E-state index contributed by atoms with van der Waals surface area (Å²) in [5.74, 6) is 0. The van der Waals surface area contributed by atoms with Crippen LogP contribution in [0.5, 0.6) is 0 Å². The lowest BCUT2D eigenvalue weighted by Gasteiger charge is -2.12. The number of aliphatic hydroxyl groups excluding tert-OH is 1. The third kappa shape index (κ3) is 15.9. The molecule has 2 atom stereocenters. The number of hydrogen-bond donors (Lipinski definition) is 1. The van der Waals surface area contributed by atoms with Crippen LogP contribution in [0.1, 0.15) is 71.1 Å². The first-order valence-corrected chi connectivity index (χ1v) is 9.90. The average Bonchev–Trinajstić information content (AvgIpc) is 2.65. The molecule has 0 aliphatic heterocycles. The molecule has 2 unspecified atom stereocenters. The van der Waals surface area contributed by atoms with Crippen LogP contribution in [0.25, 0.3) is 0 Å². The molecule has 1 radical (unpaired) electrons. The Balaban J connectivity index is 4.07. The van der Waals surface area contributed by atoms with Gasteiger partial charge in [0.1, 0.15) is 6.10 Å². The van der Waals surface area contributed by atoms with E-state index in [-0.39, 0.29) is 12.8 Å². The summed E-state index contributed by atoms with van der Waals surface area (Å²) in [5, 5.41) is 21.3. The largest absolute Gasteiger partial charge is 0.386 e. The van der Waals surface area contributed by atoms with Crippen molar-refractivity contribution in [2.24, 2.45) is 0 Å². The molecule has 0 aliphatic rings. The van der Waals surface area contributed by atoms with Gasteiger partial charge >= 0.3 is 0 Å². The van der Waals surface area contributed by atoms with Crippen LogP contribution in [-0.2, 0) is 4.79 Å². The molecule has 1 N–H and O–H groups in total. The Hall–Kier alpha value is -2.01. The zero-order valence-corrected chi connectivity index (χ0v) is 16.5. The maximum Gasteiger partial charge on any atom is 0.242 e. The van der Waals surface area contributed by atoms with Crippen molar-refractivity contribution in [2.45, 2.75) is 83.3 Å². The molecule has 27 heavy (non-hydrogen) atoms. The molecule has 0 saturated carbocycles. The Morgan fingerprint density at radius 3 is 2.19 bits per heavy atom. The van der Waals surface area contributed by atoms with Gasteiger partial charge in [-0.05, 0) is 44.9 Å². The van der Waals surface area contributed by atoms with Crippen molar-refractivity contribution in [1.29, 1.82) is 0 Å². The molecule has 151 valence electrons. The van der Waals surface area contributed by atoms with Crippen LogP contribution in [0.15, 0.2) is 48.6 Å². The first-order valence-electron chi connectivity index (χ1n) is 9.90. The lowest BCUT2D eigenvalue weighted by molar-refractivity contribution is -0.533. The van der Waals surface area contributed by atoms with Crippen LogP contribution in [0, 0.1) is 10.1 Å². The standard InChI is InChI=1S/C22H34NO4/c1-2-3-4-5-6-7-10-13-16-19-22(25)21(23(26)27)18-15-12-9-8-11-14-17-20-24/h3-4,6-7,12-13,15-16,21-22,25H,2,5,8-11,14,17-19H2,1H3/b4-3-,7-6-,15-12-,16-13-. The van der Waals surface area contributed by atoms with Gasteiger partial charge in [-0.25, -0.2) is 0 Å². The molecule has 0 aromatic rings. The predicted molar refractivity (Wildman–Crippen MR) is 111 cm³/mol. The summed E-state index contributed by atoms with van der Waals surface area (Å²) in [6.07, 6.45) is 23.9. The minimum Gasteiger partial charge on any atom is -0.386 e. The third-order valence-electron chi connectivity index (χ3n) is 4.07. The van der Waals surface area contributed by atoms with Gasteiger partial charge in [0.15, 0.2) is 6.29 Å². The number of aliphatic hydroxyl groups is 1. The summed E-state index contributed by atoms with van der Waals surface area (Å²) in [7, 11) is 0. The van der Waals surface area contributed by atoms with E-state index in [0.29, 0.717) is 6.42 Å². The number of nitro groups is 1. The fourth-order valence-electron chi connectivity index (χ4n) is 2.47. The van der Waals surface area contributed by atoms with Crippen LogP contribution >= 0.6 is 0 Å². The highest BCUT2D eigenvalue weighted by molar-refractivity contribution is 5.50. The van der Waals surface area contributed by atoms with Crippen LogP contribution in [0.3, 0.4) is 0 Å². The zero-order valence-electron chi connectivity index (χ0n) is 16.5. The molecular weight excluding hydrogens is 342 g/mol. The molecule has 0 aromatic carbocycles. The number of unbranched alkanes of at least 4 members (excludes halogenated alkanes) is 4. The number of allylic oxidation sites excluding steroid dienone is 6. The summed E-state index contributed by atoms with van der Waals surface area (Å²) in [4.78, 5) is 20.9. The van der Waals surface area contributed by atoms with Crippen molar-refractivity contribution >= 4 is 6.29 Å². The molecule has 0 amide bonds. The van der Waals surface area contributed by atoms with Crippen molar-refractivity contribution in [3.8, 4) is 0 Å². The van der Waals surface area contributed by atoms with E-state index in [9.17, 15) is 20.0 Å². The van der Waals surface area contributed by atoms with E-state index in [1.165, 1.54) is 0 Å². The Morgan fingerprint density at radius 2 is 1.56 bits per heavy atom. The van der Waals surface area contributed by atoms with Crippen molar-refractivity contribution in [1.82, 2.24) is 0 Å². The van der Waals surface area contributed by atoms with Crippen molar-refractivity contribution in [2.75, 3.05) is 0 Å². The monoisotopic (exact) mass is 376 g/mol. The van der Waals surface area contributed by atoms with Gasteiger partial charge in [0.2, 0.25) is 6.04 Å². The fourth-order valence-corrected chi connectivity index (χ4v) is 2.47. The molecule has 0 heterocycles. The van der Waals surface area contributed by atoms with E-state index in [1.54, 1.807) is 12.2 Å². The highest BCUT2D eigenvalue weighted by Crippen LogP contribution is 2.11. The Bertz CT molecular complexity index is 495. The molecular formula is C22H34NO4. The van der Waals surface area contributed by atoms with Gasteiger partial charge in [-0.2, -0.15) is 0 Å². The predicted octanol–water partition coefficient (Wildman–Crippen LogP) is 5.25. The second kappa shape index (κ2) is 18.8. The SMILES string of the molecule is CC/C=C\C/C=C\C/C=C\CC(O)C(C/C=C\CCCCC[C]=O)[N+](=O)[O-]. The number of carbonyl (C=O) groups excluding carboxylic acids is 1. The van der Waals surface area contributed by atoms with Crippen LogP contribution in [0.4, 0.5) is 0 Å². The second-order valence-electron chi connectivity index (χ2n) is 6.40. The van der Waals surface area contributed by atoms with Gasteiger partial charge in [-0.15, -0.1) is 0 Å². The Kier molecular flexibility index (Phi) is 17.4. The zero-order chi connectivity index (χ0) is 20.2. The third-order valence-corrected chi connectivity index (χ3v) is 4.07. The van der Waals surface area contributed by atoms with Gasteiger partial charge in [0.25, 0.3) is 0 Å². The maximum atomic E-state index is 11.2. The number of rotatable bonds is 17. The van der Waals surface area contributed by atoms with E-state index in [0.717, 1.165) is 44.9 Å². The molecule has 0 rings (SSSR count). The second-order valence-corrected chi connectivity index (χ2v) is 6.40. The quantitative estimate of drug-likeness (QED) is 0.163. The van der Waals surface area contributed by atoms with E-state index in [2.05, 4.69) is 25.2 Å². The summed E-state index contributed by atoms with van der Waals surface area (Å²) >= 11 is 0. The summed E-state index contributed by atoms with van der Waals surface area (Å²) in [6, 6.07) is -0.981. The maximum absolute atomic E-state index is 11.2. The van der Waals surface area contributed by atoms with Gasteiger partial charge in [0.05, 0.1) is 0 Å². The van der Waals surface area contributed by atoms with E-state index < -0.39 is 17.1 Å². The smallest absolute Gasteiger partial charge is 0.242 e. The lowest BCUT2D eigenvalue weighted by Crippen LogP contribution is -2.32. The lowest BCUT2D eigenvalue weighted by atomic mass is 10.0. The van der Waals surface area contributed by atoms with Crippen LogP contribution < -0.4 is 0 Å². The molecule has 0 saturated heterocycles. The number of nitrogens with zero attached hydrogens (tertiary/aromatic N) is 1. The molecule has 0 aliphatic carbocycles. The highest BCUT2D eigenvalue weighted by Gasteiger charge is 2.27. The van der Waals surface area contributed by atoms with E-state index >= 15 is 0 Å². The van der Waals surface area contributed by atoms with Gasteiger partial charge in [-0.3, -0.25) is 14.9 Å². The van der Waals surface area contributed by atoms with E-state index in [1.807, 2.05) is 24.5 Å². The Morgan fingerprint density at radius 1 is 0.926 bits per heavy atom. The molecule has 5 heteroatoms. The van der Waals surface area contributed by atoms with Crippen molar-refractivity contribution in [3.05, 3.63) is 58.7 Å². The van der Waals surface area contributed by atoms with Crippen LogP contribution in [-0.4, -0.2) is 28.5 Å². The molecule has 0 spiro atoms. The minimum atomic E-state index is -0.986. The van der Waals surface area contributed by atoms with Gasteiger partial charge < -0.3 is 5.11 Å². The molecule has 0 fully saturated rings. The summed E-state index contributed by atoms with van der Waals surface area (Å²) < 4.78 is 0. The van der Waals surface area contributed by atoms with Crippen LogP contribution in [0.2, 0.25) is 0 Å². The first-order chi connectivity index (χ1) is 13.1. The highest BCUT2D eigenvalue weighted by atomic mass is 16.6. The van der Waals surface area contributed by atoms with Crippen molar-refractivity contribution < 1.29 is 14.8 Å². The molecule has 0 bridgehead atoms.